The molecule has 0 bridgehead atoms. The number of nitrogens with zero attached hydrogens (tertiary/aromatic N) is 2. The first-order valence-corrected chi connectivity index (χ1v) is 6.23. The summed E-state index contributed by atoms with van der Waals surface area (Å²) in [5.74, 6) is -1.93. The van der Waals surface area contributed by atoms with Crippen LogP contribution in [0.5, 0.6) is 0 Å². The lowest BCUT2D eigenvalue weighted by atomic mass is 10.0. The number of carboxylic acids is 1. The Labute approximate surface area is 120 Å². The minimum Gasteiger partial charge on any atom is -0.481 e. The molecule has 0 spiro atoms. The van der Waals surface area contributed by atoms with E-state index in [1.54, 1.807) is 7.05 Å². The summed E-state index contributed by atoms with van der Waals surface area (Å²) in [6.45, 7) is 0. The van der Waals surface area contributed by atoms with Crippen LogP contribution < -0.4 is 5.32 Å². The van der Waals surface area contributed by atoms with Gasteiger partial charge < -0.3 is 10.4 Å². The molecule has 1 unspecified atom stereocenters. The van der Waals surface area contributed by atoms with E-state index >= 15 is 0 Å². The number of aromatic nitrogens is 2. The van der Waals surface area contributed by atoms with Crippen molar-refractivity contribution in [3.63, 3.8) is 0 Å². The third-order valence-electron chi connectivity index (χ3n) is 3.01. The number of carbonyl (C=O) groups excluding carboxylic acids is 1. The molecular weight excluding hydrogens is 277 g/mol. The quantitative estimate of drug-likeness (QED) is 0.874. The van der Waals surface area contributed by atoms with E-state index in [-0.39, 0.29) is 6.42 Å². The number of rotatable bonds is 5. The predicted octanol–water partition coefficient (Wildman–Crippen LogP) is 1.51. The molecule has 0 saturated carbocycles. The fraction of sp³-hybridized carbons (Fsp3) is 0.214. The summed E-state index contributed by atoms with van der Waals surface area (Å²) in [5, 5.41) is 15.5. The molecule has 1 aromatic carbocycles. The Bertz CT molecular complexity index is 652. The number of hydrogen-bond donors (Lipinski definition) is 2. The van der Waals surface area contributed by atoms with E-state index in [0.29, 0.717) is 11.3 Å². The van der Waals surface area contributed by atoms with Crippen LogP contribution in [-0.2, 0) is 11.8 Å². The monoisotopic (exact) mass is 291 g/mol. The van der Waals surface area contributed by atoms with Crippen LogP contribution in [0.2, 0.25) is 0 Å². The third kappa shape index (κ3) is 3.65. The molecule has 1 heterocycles. The Hall–Kier alpha value is -2.70. The van der Waals surface area contributed by atoms with Crippen LogP contribution in [0.3, 0.4) is 0 Å². The SMILES string of the molecule is Cn1nccc1C(=O)NC(CC(=O)O)c1ccc(F)cc1. The number of aryl methyl sites for hydroxylation is 1. The van der Waals surface area contributed by atoms with E-state index in [1.807, 2.05) is 0 Å². The van der Waals surface area contributed by atoms with Crippen LogP contribution in [0, 0.1) is 5.82 Å². The first-order valence-electron chi connectivity index (χ1n) is 6.23. The summed E-state index contributed by atoms with van der Waals surface area (Å²) in [6.07, 6.45) is 1.17. The molecule has 2 aromatic rings. The zero-order valence-electron chi connectivity index (χ0n) is 11.3. The molecule has 0 radical (unpaired) electrons. The van der Waals surface area contributed by atoms with Crippen molar-refractivity contribution in [3.8, 4) is 0 Å². The highest BCUT2D eigenvalue weighted by Gasteiger charge is 2.20. The first kappa shape index (κ1) is 14.7. The van der Waals surface area contributed by atoms with E-state index in [1.165, 1.54) is 41.2 Å². The van der Waals surface area contributed by atoms with E-state index in [0.717, 1.165) is 0 Å². The Kier molecular flexibility index (Phi) is 4.32. The number of halogens is 1. The average Bonchev–Trinajstić information content (AvgIpc) is 2.84. The van der Waals surface area contributed by atoms with E-state index in [4.69, 9.17) is 5.11 Å². The molecule has 0 aliphatic carbocycles. The summed E-state index contributed by atoms with van der Waals surface area (Å²) < 4.78 is 14.3. The smallest absolute Gasteiger partial charge is 0.305 e. The molecule has 1 aromatic heterocycles. The van der Waals surface area contributed by atoms with Crippen LogP contribution in [0.25, 0.3) is 0 Å². The standard InChI is InChI=1S/C14H14FN3O3/c1-18-12(6-7-16-18)14(21)17-11(8-13(19)20)9-2-4-10(15)5-3-9/h2-7,11H,8H2,1H3,(H,17,21)(H,19,20). The molecule has 2 N–H and O–H groups in total. The number of amides is 1. The van der Waals surface area contributed by atoms with Gasteiger partial charge in [-0.05, 0) is 23.8 Å². The fourth-order valence-corrected chi connectivity index (χ4v) is 1.95. The summed E-state index contributed by atoms with van der Waals surface area (Å²) in [6, 6.07) is 6.13. The average molecular weight is 291 g/mol. The third-order valence-corrected chi connectivity index (χ3v) is 3.01. The fourth-order valence-electron chi connectivity index (χ4n) is 1.95. The van der Waals surface area contributed by atoms with E-state index in [2.05, 4.69) is 10.4 Å². The molecule has 0 aliphatic heterocycles. The van der Waals surface area contributed by atoms with Gasteiger partial charge in [0.25, 0.3) is 5.91 Å². The van der Waals surface area contributed by atoms with Gasteiger partial charge in [0.1, 0.15) is 11.5 Å². The highest BCUT2D eigenvalue weighted by Crippen LogP contribution is 2.18. The first-order chi connectivity index (χ1) is 9.97. The molecule has 1 amide bonds. The van der Waals surface area contributed by atoms with E-state index < -0.39 is 23.7 Å². The molecule has 21 heavy (non-hydrogen) atoms. The van der Waals surface area contributed by atoms with Gasteiger partial charge in [-0.1, -0.05) is 12.1 Å². The Balaban J connectivity index is 2.20. The normalized spacial score (nSPS) is 11.9. The van der Waals surface area contributed by atoms with Gasteiger partial charge in [-0.25, -0.2) is 4.39 Å². The van der Waals surface area contributed by atoms with Crippen molar-refractivity contribution < 1.29 is 19.1 Å². The molecule has 110 valence electrons. The zero-order chi connectivity index (χ0) is 15.4. The van der Waals surface area contributed by atoms with Gasteiger partial charge in [0.05, 0.1) is 12.5 Å². The molecule has 0 aliphatic rings. The topological polar surface area (TPSA) is 84.2 Å². The summed E-state index contributed by atoms with van der Waals surface area (Å²) in [7, 11) is 1.61. The molecule has 0 fully saturated rings. The number of benzene rings is 1. The maximum atomic E-state index is 12.9. The van der Waals surface area contributed by atoms with Gasteiger partial charge in [-0.3, -0.25) is 14.3 Å². The minimum absolute atomic E-state index is 0.296. The molecule has 2 rings (SSSR count). The van der Waals surface area contributed by atoms with Crippen molar-refractivity contribution in [2.75, 3.05) is 0 Å². The predicted molar refractivity (Wildman–Crippen MR) is 72.1 cm³/mol. The largest absolute Gasteiger partial charge is 0.481 e. The molecule has 6 nitrogen and oxygen atoms in total. The number of carbonyl (C=O) groups is 2. The lowest BCUT2D eigenvalue weighted by molar-refractivity contribution is -0.137. The van der Waals surface area contributed by atoms with Crippen molar-refractivity contribution >= 4 is 11.9 Å². The second-order valence-electron chi connectivity index (χ2n) is 4.52. The number of nitrogens with one attached hydrogen (secondary N) is 1. The number of carboxylic acid groups (broad SMARTS) is 1. The lowest BCUT2D eigenvalue weighted by Crippen LogP contribution is -2.31. The van der Waals surface area contributed by atoms with Crippen molar-refractivity contribution in [1.82, 2.24) is 15.1 Å². The Morgan fingerprint density at radius 2 is 2.00 bits per heavy atom. The summed E-state index contributed by atoms with van der Waals surface area (Å²) >= 11 is 0. The van der Waals surface area contributed by atoms with Gasteiger partial charge in [0.2, 0.25) is 0 Å². The van der Waals surface area contributed by atoms with Crippen LogP contribution in [0.4, 0.5) is 4.39 Å². The van der Waals surface area contributed by atoms with Gasteiger partial charge in [0, 0.05) is 13.2 Å². The Morgan fingerprint density at radius 3 is 2.52 bits per heavy atom. The van der Waals surface area contributed by atoms with Crippen LogP contribution >= 0.6 is 0 Å². The van der Waals surface area contributed by atoms with Crippen LogP contribution in [0.15, 0.2) is 36.5 Å². The highest BCUT2D eigenvalue weighted by molar-refractivity contribution is 5.93. The Morgan fingerprint density at radius 1 is 1.33 bits per heavy atom. The minimum atomic E-state index is -1.06. The van der Waals surface area contributed by atoms with Crippen molar-refractivity contribution in [3.05, 3.63) is 53.6 Å². The van der Waals surface area contributed by atoms with Gasteiger partial charge in [-0.15, -0.1) is 0 Å². The maximum Gasteiger partial charge on any atom is 0.305 e. The molecular formula is C14H14FN3O3. The van der Waals surface area contributed by atoms with Gasteiger partial charge in [-0.2, -0.15) is 5.10 Å². The number of hydrogen-bond acceptors (Lipinski definition) is 3. The maximum absolute atomic E-state index is 12.9. The molecule has 7 heteroatoms. The van der Waals surface area contributed by atoms with Crippen LogP contribution in [-0.4, -0.2) is 26.8 Å². The zero-order valence-corrected chi connectivity index (χ0v) is 11.3. The summed E-state index contributed by atoms with van der Waals surface area (Å²) in [4.78, 5) is 23.1. The van der Waals surface area contributed by atoms with Crippen molar-refractivity contribution in [2.45, 2.75) is 12.5 Å². The van der Waals surface area contributed by atoms with Gasteiger partial charge in [0.15, 0.2) is 0 Å². The summed E-state index contributed by atoms with van der Waals surface area (Å²) in [5.41, 5.74) is 0.835. The second kappa shape index (κ2) is 6.17. The molecule has 1 atom stereocenters. The van der Waals surface area contributed by atoms with Crippen LogP contribution in [0.1, 0.15) is 28.5 Å². The lowest BCUT2D eigenvalue weighted by Gasteiger charge is -2.17. The second-order valence-corrected chi connectivity index (χ2v) is 4.52. The highest BCUT2D eigenvalue weighted by atomic mass is 19.1. The van der Waals surface area contributed by atoms with Gasteiger partial charge >= 0.3 is 5.97 Å². The van der Waals surface area contributed by atoms with Crippen molar-refractivity contribution in [2.24, 2.45) is 7.05 Å². The van der Waals surface area contributed by atoms with Crippen molar-refractivity contribution in [1.29, 1.82) is 0 Å². The number of aliphatic carboxylic acids is 1. The van der Waals surface area contributed by atoms with E-state index in [9.17, 15) is 14.0 Å². The molecule has 0 saturated heterocycles.